The number of anilines is 1. The Morgan fingerprint density at radius 1 is 1.03 bits per heavy atom. The molecule has 6 heteroatoms. The number of aryl methyl sites for hydroxylation is 1. The van der Waals surface area contributed by atoms with E-state index in [1.165, 1.54) is 32.1 Å². The number of pyridine rings is 1. The highest BCUT2D eigenvalue weighted by atomic mass is 16.1. The number of nitrogens with one attached hydrogen (secondary N) is 2. The molecule has 0 amide bonds. The number of nitrogens with zero attached hydrogens (tertiary/aromatic N) is 3. The van der Waals surface area contributed by atoms with Crippen LogP contribution in [0.15, 0.2) is 71.7 Å². The van der Waals surface area contributed by atoms with Crippen molar-refractivity contribution in [3.63, 3.8) is 0 Å². The van der Waals surface area contributed by atoms with Crippen molar-refractivity contribution < 1.29 is 0 Å². The molecule has 168 valence electrons. The third kappa shape index (κ3) is 4.22. The summed E-state index contributed by atoms with van der Waals surface area (Å²) < 4.78 is 3.75. The van der Waals surface area contributed by atoms with Crippen LogP contribution in [0, 0.1) is 5.41 Å². The van der Waals surface area contributed by atoms with Crippen molar-refractivity contribution in [2.45, 2.75) is 12.8 Å². The van der Waals surface area contributed by atoms with Crippen LogP contribution in [-0.4, -0.2) is 46.4 Å². The third-order valence-corrected chi connectivity index (χ3v) is 6.58. The molecule has 0 saturated carbocycles. The minimum atomic E-state index is -0.0940. The van der Waals surface area contributed by atoms with Crippen LogP contribution in [-0.2, 0) is 7.05 Å². The Kier molecular flexibility index (Phi) is 5.84. The summed E-state index contributed by atoms with van der Waals surface area (Å²) in [5, 5.41) is 12.5. The first-order valence-electron chi connectivity index (χ1n) is 11.5. The second-order valence-corrected chi connectivity index (χ2v) is 8.66. The Morgan fingerprint density at radius 3 is 2.61 bits per heavy atom. The zero-order valence-electron chi connectivity index (χ0n) is 18.9. The summed E-state index contributed by atoms with van der Waals surface area (Å²) in [5.74, 6) is 0. The zero-order chi connectivity index (χ0) is 22.8. The van der Waals surface area contributed by atoms with E-state index in [2.05, 4.69) is 33.0 Å². The van der Waals surface area contributed by atoms with Crippen molar-refractivity contribution in [1.82, 2.24) is 14.0 Å². The first-order chi connectivity index (χ1) is 16.1. The van der Waals surface area contributed by atoms with E-state index in [1.807, 2.05) is 49.6 Å². The molecule has 0 unspecified atom stereocenters. The van der Waals surface area contributed by atoms with Crippen LogP contribution in [0.25, 0.3) is 27.8 Å². The summed E-state index contributed by atoms with van der Waals surface area (Å²) in [4.78, 5) is 15.5. The fourth-order valence-electron chi connectivity index (χ4n) is 4.75. The summed E-state index contributed by atoms with van der Waals surface area (Å²) in [6.45, 7) is 4.21. The fraction of sp³-hybridized carbons (Fsp3) is 0.259. The molecule has 0 radical (unpaired) electrons. The molecule has 33 heavy (non-hydrogen) atoms. The maximum atomic E-state index is 13.0. The predicted octanol–water partition coefficient (Wildman–Crippen LogP) is 4.50. The lowest BCUT2D eigenvalue weighted by molar-refractivity contribution is 0.352. The van der Waals surface area contributed by atoms with Crippen LogP contribution in [0.5, 0.6) is 0 Å². The largest absolute Gasteiger partial charge is 0.383 e. The lowest BCUT2D eigenvalue weighted by Gasteiger charge is -2.17. The lowest BCUT2D eigenvalue weighted by atomic mass is 10.1. The van der Waals surface area contributed by atoms with Crippen molar-refractivity contribution in [3.8, 4) is 16.9 Å². The number of benzene rings is 2. The standard InChI is InChI=1S/C27H29N5O/c1-30-25-7-3-2-6-20(25)17-26(30)21-10-14-32(27(33)18-21)23-8-9-24(22(16-23)19-28)29-11-15-31-12-4-5-13-31/h2-3,6-10,14,16-19,28-29H,4-5,11-13,15H2,1H3. The minimum Gasteiger partial charge on any atom is -0.383 e. The second-order valence-electron chi connectivity index (χ2n) is 8.66. The Balaban J connectivity index is 1.39. The lowest BCUT2D eigenvalue weighted by Crippen LogP contribution is -2.26. The maximum absolute atomic E-state index is 13.0. The normalized spacial score (nSPS) is 14.1. The quantitative estimate of drug-likeness (QED) is 0.417. The third-order valence-electron chi connectivity index (χ3n) is 6.58. The van der Waals surface area contributed by atoms with Crippen molar-refractivity contribution >= 4 is 22.8 Å². The van der Waals surface area contributed by atoms with Gasteiger partial charge in [0.05, 0.1) is 0 Å². The van der Waals surface area contributed by atoms with Gasteiger partial charge in [-0.2, -0.15) is 0 Å². The van der Waals surface area contributed by atoms with Crippen molar-refractivity contribution in [2.24, 2.45) is 7.05 Å². The molecule has 0 spiro atoms. The van der Waals surface area contributed by atoms with Gasteiger partial charge in [0, 0.05) is 77.7 Å². The molecular weight excluding hydrogens is 410 g/mol. The van der Waals surface area contributed by atoms with Gasteiger partial charge < -0.3 is 20.2 Å². The number of aromatic nitrogens is 2. The van der Waals surface area contributed by atoms with Gasteiger partial charge in [-0.25, -0.2) is 0 Å². The number of hydrogen-bond acceptors (Lipinski definition) is 4. The summed E-state index contributed by atoms with van der Waals surface area (Å²) in [6.07, 6.45) is 5.73. The minimum absolute atomic E-state index is 0.0940. The highest BCUT2D eigenvalue weighted by Gasteiger charge is 2.12. The highest BCUT2D eigenvalue weighted by molar-refractivity contribution is 5.87. The van der Waals surface area contributed by atoms with Gasteiger partial charge >= 0.3 is 0 Å². The van der Waals surface area contributed by atoms with Crippen LogP contribution in [0.3, 0.4) is 0 Å². The molecule has 2 N–H and O–H groups in total. The van der Waals surface area contributed by atoms with Crippen LogP contribution < -0.4 is 10.9 Å². The Hall–Kier alpha value is -3.64. The molecule has 1 aliphatic heterocycles. The van der Waals surface area contributed by atoms with Gasteiger partial charge in [0.15, 0.2) is 0 Å². The van der Waals surface area contributed by atoms with E-state index in [-0.39, 0.29) is 5.56 Å². The average molecular weight is 440 g/mol. The summed E-state index contributed by atoms with van der Waals surface area (Å²) in [6, 6.07) is 19.8. The van der Waals surface area contributed by atoms with Crippen molar-refractivity contribution in [3.05, 3.63) is 82.8 Å². The molecule has 4 aromatic rings. The van der Waals surface area contributed by atoms with E-state index >= 15 is 0 Å². The zero-order valence-corrected chi connectivity index (χ0v) is 18.9. The molecule has 0 bridgehead atoms. The van der Waals surface area contributed by atoms with E-state index < -0.39 is 0 Å². The average Bonchev–Trinajstić information content (AvgIpc) is 3.47. The Morgan fingerprint density at radius 2 is 1.85 bits per heavy atom. The molecule has 0 aliphatic carbocycles. The van der Waals surface area contributed by atoms with Crippen LogP contribution in [0.1, 0.15) is 18.4 Å². The molecule has 1 saturated heterocycles. The van der Waals surface area contributed by atoms with E-state index in [1.54, 1.807) is 10.6 Å². The molecule has 6 nitrogen and oxygen atoms in total. The molecule has 0 atom stereocenters. The number of rotatable bonds is 7. The smallest absolute Gasteiger partial charge is 0.255 e. The topological polar surface area (TPSA) is 66.1 Å². The highest BCUT2D eigenvalue weighted by Crippen LogP contribution is 2.26. The summed E-state index contributed by atoms with van der Waals surface area (Å²) in [7, 11) is 2.02. The number of hydrogen-bond donors (Lipinski definition) is 2. The van der Waals surface area contributed by atoms with Crippen LogP contribution in [0.2, 0.25) is 0 Å². The second kappa shape index (κ2) is 9.08. The van der Waals surface area contributed by atoms with Crippen molar-refractivity contribution in [1.29, 1.82) is 5.41 Å². The number of fused-ring (bicyclic) bond motifs is 1. The van der Waals surface area contributed by atoms with Crippen LogP contribution >= 0.6 is 0 Å². The summed E-state index contributed by atoms with van der Waals surface area (Å²) in [5.41, 5.74) is 5.41. The van der Waals surface area contributed by atoms with E-state index in [0.29, 0.717) is 0 Å². The van der Waals surface area contributed by atoms with Crippen molar-refractivity contribution in [2.75, 3.05) is 31.5 Å². The van der Waals surface area contributed by atoms with Crippen LogP contribution in [0.4, 0.5) is 5.69 Å². The van der Waals surface area contributed by atoms with Gasteiger partial charge in [-0.1, -0.05) is 18.2 Å². The van der Waals surface area contributed by atoms with Gasteiger partial charge in [0.1, 0.15) is 0 Å². The van der Waals surface area contributed by atoms with Gasteiger partial charge in [-0.15, -0.1) is 0 Å². The van der Waals surface area contributed by atoms with Gasteiger partial charge in [0.2, 0.25) is 0 Å². The van der Waals surface area contributed by atoms with E-state index in [9.17, 15) is 4.79 Å². The maximum Gasteiger partial charge on any atom is 0.255 e. The molecule has 1 fully saturated rings. The monoisotopic (exact) mass is 439 g/mol. The molecule has 1 aliphatic rings. The number of likely N-dealkylation sites (tertiary alicyclic amines) is 1. The van der Waals surface area contributed by atoms with Gasteiger partial charge in [-0.3, -0.25) is 9.36 Å². The van der Waals surface area contributed by atoms with Gasteiger partial charge in [0.25, 0.3) is 5.56 Å². The number of para-hydroxylation sites is 1. The first kappa shape index (κ1) is 21.2. The Bertz CT molecular complexity index is 1360. The molecule has 5 rings (SSSR count). The predicted molar refractivity (Wildman–Crippen MR) is 136 cm³/mol. The SMILES string of the molecule is Cn1c(-c2ccn(-c3ccc(NCCN4CCCC4)c(C=N)c3)c(=O)c2)cc2ccccc21. The fourth-order valence-corrected chi connectivity index (χ4v) is 4.75. The van der Waals surface area contributed by atoms with E-state index in [0.717, 1.165) is 52.2 Å². The molecular formula is C27H29N5O. The van der Waals surface area contributed by atoms with Gasteiger partial charge in [-0.05, 0) is 62.3 Å². The molecule has 2 aromatic heterocycles. The summed E-state index contributed by atoms with van der Waals surface area (Å²) >= 11 is 0. The molecule has 2 aromatic carbocycles. The molecule has 3 heterocycles. The Labute approximate surface area is 193 Å². The van der Waals surface area contributed by atoms with E-state index in [4.69, 9.17) is 5.41 Å². The first-order valence-corrected chi connectivity index (χ1v) is 11.5.